The Morgan fingerprint density at radius 1 is 0.385 bits per heavy atom. The van der Waals surface area contributed by atoms with Crippen molar-refractivity contribution in [3.8, 4) is 0 Å². The summed E-state index contributed by atoms with van der Waals surface area (Å²) in [6, 6.07) is 0. The molecular weight excluding hydrogens is 797 g/mol. The van der Waals surface area contributed by atoms with Crippen molar-refractivity contribution in [2.24, 2.45) is 20.0 Å². The van der Waals surface area contributed by atoms with Gasteiger partial charge in [-0.05, 0) is 83.5 Å². The molecule has 6 aliphatic rings. The van der Waals surface area contributed by atoms with E-state index in [9.17, 15) is 9.59 Å². The fraction of sp³-hybridized carbons (Fsp3) is 0.729. The van der Waals surface area contributed by atoms with Gasteiger partial charge in [0.25, 0.3) is 0 Å². The first kappa shape index (κ1) is 95.9. The molecule has 0 aromatic carbocycles. The van der Waals surface area contributed by atoms with Gasteiger partial charge in [-0.3, -0.25) is 29.6 Å². The molecule has 0 atom stereocenters. The molecule has 0 radical (unpaired) electrons. The fourth-order valence-electron chi connectivity index (χ4n) is 3.96. The highest BCUT2D eigenvalue weighted by atomic mass is 16.1. The molecule has 1 saturated carbocycles. The lowest BCUT2D eigenvalue weighted by molar-refractivity contribution is -0.113. The van der Waals surface area contributed by atoms with Crippen LogP contribution in [0.3, 0.4) is 0 Å². The maximum Gasteiger partial charge on any atom is 0.175 e. The quantitative estimate of drug-likeness (QED) is 0.227. The van der Waals surface area contributed by atoms with E-state index in [4.69, 9.17) is 0 Å². The number of carbonyl (C=O) groups is 2. The second-order valence-electron chi connectivity index (χ2n) is 10.3. The van der Waals surface area contributed by atoms with Gasteiger partial charge in [0.2, 0.25) is 0 Å². The Balaban J connectivity index is -0.0000000414. The van der Waals surface area contributed by atoms with Gasteiger partial charge in [-0.25, -0.2) is 0 Å². The number of aliphatic imine (C=N–C) groups is 4. The first-order chi connectivity index (χ1) is 31.4. The lowest BCUT2D eigenvalue weighted by atomic mass is 9.97. The van der Waals surface area contributed by atoms with Crippen molar-refractivity contribution in [2.45, 2.75) is 276 Å². The van der Waals surface area contributed by atoms with Crippen LogP contribution >= 0.6 is 0 Å². The highest BCUT2D eigenvalue weighted by molar-refractivity contribution is 6.29. The Bertz CT molecular complexity index is 886. The zero-order chi connectivity index (χ0) is 53.3. The number of rotatable bonds is 0. The molecule has 2 aliphatic carbocycles. The average Bonchev–Trinajstić information content (AvgIpc) is 4.11. The summed E-state index contributed by atoms with van der Waals surface area (Å²) < 4.78 is 0. The molecule has 394 valence electrons. The number of allylic oxidation sites excluding steroid dienone is 6. The molecule has 1 fully saturated rings. The number of hydrogen-bond donors (Lipinski definition) is 0. The van der Waals surface area contributed by atoms with E-state index in [0.29, 0.717) is 19.4 Å². The van der Waals surface area contributed by atoms with Crippen LogP contribution in [0.25, 0.3) is 0 Å². The standard InChI is InChI=1S/C7H12.C7H10.C6H9N.C5H7NO.C5H7N.C4H5NO.12C2H6.CH4/c2*1-7-5-3-2-4-6-7;1-6-4-2-3-5-7-6;7-5-2-1-3-6-4-5;1-5-3-2-4-6-5;6-4-1-2-5-3-4;12*1-2;/h1-6H2;3,5H,1-2,4,6H2;5H,1-4H2;4H,1-3H2;4H,1-3H2;3H,1-2H2;12*1-2H3;1H4. The van der Waals surface area contributed by atoms with Crippen molar-refractivity contribution in [2.75, 3.05) is 13.1 Å². The molecule has 6 rings (SSSR count). The van der Waals surface area contributed by atoms with Crippen LogP contribution in [-0.4, -0.2) is 49.5 Å². The number of nitrogens with zero attached hydrogens (tertiary/aromatic N) is 4. The maximum atomic E-state index is 10.3. The van der Waals surface area contributed by atoms with E-state index in [1.807, 2.05) is 179 Å². The Labute approximate surface area is 414 Å². The SMILES string of the molecule is C.C=C1C=CCCC1.C=C1CCC=N1.C=C1CCCC=N1.C=C1CCCCC1.CC.CC.CC.CC.CC.CC.CC.CC.CC.CC.CC.CC.O=C1C=NCC1.O=C1C=NCCC1. The minimum absolute atomic E-state index is 0. The summed E-state index contributed by atoms with van der Waals surface area (Å²) in [4.78, 5) is 35.8. The summed E-state index contributed by atoms with van der Waals surface area (Å²) in [5.74, 6) is 0.334. The van der Waals surface area contributed by atoms with Crippen LogP contribution in [0.2, 0.25) is 0 Å². The Morgan fingerprint density at radius 3 is 0.923 bits per heavy atom. The highest BCUT2D eigenvalue weighted by Gasteiger charge is 2.01. The van der Waals surface area contributed by atoms with E-state index in [-0.39, 0.29) is 19.0 Å². The summed E-state index contributed by atoms with van der Waals surface area (Å²) in [6.45, 7) is 64.7. The Hall–Kier alpha value is -3.28. The lowest BCUT2D eigenvalue weighted by Crippen LogP contribution is -2.05. The number of Topliss-reactive ketones (excluding diaryl/α,β-unsaturated/α-hetero) is 2. The molecule has 6 heteroatoms. The lowest BCUT2D eigenvalue weighted by Gasteiger charge is -2.10. The Kier molecular flexibility index (Phi) is 175. The van der Waals surface area contributed by atoms with Gasteiger partial charge in [-0.2, -0.15) is 0 Å². The van der Waals surface area contributed by atoms with Crippen molar-refractivity contribution >= 4 is 36.4 Å². The van der Waals surface area contributed by atoms with Crippen molar-refractivity contribution < 1.29 is 9.59 Å². The van der Waals surface area contributed by atoms with Crippen LogP contribution in [0.15, 0.2) is 81.0 Å². The molecular formula is C59H126N4O2. The van der Waals surface area contributed by atoms with E-state index in [0.717, 1.165) is 50.0 Å². The van der Waals surface area contributed by atoms with Gasteiger partial charge in [-0.15, -0.1) is 0 Å². The topological polar surface area (TPSA) is 83.6 Å². The first-order valence-corrected chi connectivity index (χ1v) is 26.8. The van der Waals surface area contributed by atoms with Crippen LogP contribution in [0.4, 0.5) is 0 Å². The van der Waals surface area contributed by atoms with Crippen molar-refractivity contribution in [1.82, 2.24) is 0 Å². The minimum Gasteiger partial charge on any atom is -0.293 e. The maximum absolute atomic E-state index is 10.3. The molecule has 6 nitrogen and oxygen atoms in total. The molecule has 0 bridgehead atoms. The number of carbonyl (C=O) groups excluding carboxylic acids is 2. The van der Waals surface area contributed by atoms with Crippen molar-refractivity contribution in [1.29, 1.82) is 0 Å². The van der Waals surface area contributed by atoms with Gasteiger partial charge >= 0.3 is 0 Å². The van der Waals surface area contributed by atoms with Crippen LogP contribution < -0.4 is 0 Å². The van der Waals surface area contributed by atoms with E-state index < -0.39 is 0 Å². The van der Waals surface area contributed by atoms with Crippen LogP contribution in [0, 0.1) is 0 Å². The van der Waals surface area contributed by atoms with E-state index in [1.54, 1.807) is 0 Å². The molecule has 0 N–H and O–H groups in total. The first-order valence-electron chi connectivity index (χ1n) is 26.8. The van der Waals surface area contributed by atoms with Gasteiger partial charge in [-0.1, -0.05) is 230 Å². The van der Waals surface area contributed by atoms with Gasteiger partial charge < -0.3 is 0 Å². The second-order valence-corrected chi connectivity index (χ2v) is 10.3. The molecule has 0 saturated heterocycles. The summed E-state index contributed by atoms with van der Waals surface area (Å²) in [5.41, 5.74) is 4.80. The third kappa shape index (κ3) is 115. The summed E-state index contributed by atoms with van der Waals surface area (Å²) >= 11 is 0. The minimum atomic E-state index is 0. The molecule has 4 aliphatic heterocycles. The van der Waals surface area contributed by atoms with Crippen molar-refractivity contribution in [3.05, 3.63) is 61.0 Å². The number of hydrogen-bond acceptors (Lipinski definition) is 6. The predicted octanol–water partition coefficient (Wildman–Crippen LogP) is 21.3. The van der Waals surface area contributed by atoms with Gasteiger partial charge in [0.05, 0.1) is 12.4 Å². The Morgan fingerprint density at radius 2 is 0.769 bits per heavy atom. The van der Waals surface area contributed by atoms with E-state index in [2.05, 4.69) is 58.4 Å². The zero-order valence-corrected chi connectivity index (χ0v) is 48.6. The number of ketones is 2. The molecule has 0 aromatic heterocycles. The predicted molar refractivity (Wildman–Crippen MR) is 316 cm³/mol. The zero-order valence-electron chi connectivity index (χ0n) is 48.6. The van der Waals surface area contributed by atoms with Crippen LogP contribution in [0.1, 0.15) is 276 Å². The molecule has 0 unspecified atom stereocenters. The monoisotopic (exact) mass is 923 g/mol. The third-order valence-corrected chi connectivity index (χ3v) is 6.36. The molecule has 4 heterocycles. The van der Waals surface area contributed by atoms with E-state index >= 15 is 0 Å². The summed E-state index contributed by atoms with van der Waals surface area (Å²) in [5, 5.41) is 0. The normalized spacial score (nSPS) is 13.7. The van der Waals surface area contributed by atoms with Gasteiger partial charge in [0.15, 0.2) is 11.6 Å². The molecule has 0 spiro atoms. The smallest absolute Gasteiger partial charge is 0.175 e. The second kappa shape index (κ2) is 119. The summed E-state index contributed by atoms with van der Waals surface area (Å²) in [7, 11) is 0. The summed E-state index contributed by atoms with van der Waals surface area (Å²) in [6.07, 6.45) is 29.4. The third-order valence-electron chi connectivity index (χ3n) is 6.36. The van der Waals surface area contributed by atoms with E-state index in [1.165, 1.54) is 81.4 Å². The largest absolute Gasteiger partial charge is 0.293 e. The fourth-order valence-corrected chi connectivity index (χ4v) is 3.96. The highest BCUT2D eigenvalue weighted by Crippen LogP contribution is 2.20. The van der Waals surface area contributed by atoms with Crippen LogP contribution in [-0.2, 0) is 9.59 Å². The molecule has 0 aromatic rings. The molecule has 0 amide bonds. The van der Waals surface area contributed by atoms with Gasteiger partial charge in [0, 0.05) is 49.8 Å². The van der Waals surface area contributed by atoms with Crippen LogP contribution in [0.5, 0.6) is 0 Å². The van der Waals surface area contributed by atoms with Crippen molar-refractivity contribution in [3.63, 3.8) is 0 Å². The molecule has 65 heavy (non-hydrogen) atoms. The van der Waals surface area contributed by atoms with Gasteiger partial charge in [0.1, 0.15) is 0 Å². The average molecular weight is 924 g/mol.